The minimum absolute atomic E-state index is 0.812. The smallest absolute Gasteiger partial charge is 0.0979 e. The van der Waals surface area contributed by atoms with Gasteiger partial charge in [0.2, 0.25) is 0 Å². The molecule has 0 aliphatic heterocycles. The second kappa shape index (κ2) is 19.6. The minimum atomic E-state index is 0.812. The van der Waals surface area contributed by atoms with Gasteiger partial charge in [-0.3, -0.25) is 0 Å². The van der Waals surface area contributed by atoms with Crippen molar-refractivity contribution in [3.63, 3.8) is 0 Å². The van der Waals surface area contributed by atoms with E-state index in [2.05, 4.69) is 284 Å². The average molecular weight is 935 g/mol. The fourth-order valence-corrected chi connectivity index (χ4v) is 10.2. The Bertz CT molecular complexity index is 3950. The van der Waals surface area contributed by atoms with Crippen LogP contribution < -0.4 is 4.90 Å². The van der Waals surface area contributed by atoms with Gasteiger partial charge in [-0.05, 0) is 119 Å². The molecule has 4 heteroatoms. The Hall–Kier alpha value is -9.64. The molecule has 12 rings (SSSR count). The number of hydrogen-bond acceptors (Lipinski definition) is 3. The van der Waals surface area contributed by atoms with E-state index in [1.54, 1.807) is 0 Å². The van der Waals surface area contributed by atoms with E-state index in [0.29, 0.717) is 0 Å². The van der Waals surface area contributed by atoms with Crippen LogP contribution in [-0.4, -0.2) is 14.5 Å². The maximum Gasteiger partial charge on any atom is 0.0979 e. The summed E-state index contributed by atoms with van der Waals surface area (Å²) in [7, 11) is 0. The molecule has 0 N–H and O–H groups in total. The van der Waals surface area contributed by atoms with Gasteiger partial charge in [0.1, 0.15) is 0 Å². The van der Waals surface area contributed by atoms with Crippen molar-refractivity contribution in [1.82, 2.24) is 14.5 Å². The van der Waals surface area contributed by atoms with Crippen LogP contribution in [0.15, 0.2) is 274 Å². The number of anilines is 3. The van der Waals surface area contributed by atoms with Crippen molar-refractivity contribution >= 4 is 45.1 Å². The molecular formula is C69H50N4. The number of allylic oxidation sites excluding steroid dienone is 2. The van der Waals surface area contributed by atoms with Crippen LogP contribution in [0.1, 0.15) is 11.3 Å². The lowest BCUT2D eigenvalue weighted by atomic mass is 9.93. The zero-order valence-electron chi connectivity index (χ0n) is 40.5. The minimum Gasteiger partial charge on any atom is -0.311 e. The van der Waals surface area contributed by atoms with Gasteiger partial charge in [0.15, 0.2) is 0 Å². The van der Waals surface area contributed by atoms with Crippen LogP contribution in [0.5, 0.6) is 0 Å². The topological polar surface area (TPSA) is 34.0 Å². The number of hydrogen-bond donors (Lipinski definition) is 0. The molecule has 0 amide bonds. The SMILES string of the molecule is C=C/C=C\c1c(C)c2ccccc2n1-c1ccc(N(c2ccccc2)c2ccc(-c3nc4c(-c5cccc(-c6ccccc6)c5)ccc(-c5cccc(-c6ccccc6)c5)c4nc3-c3ccccc3)cc2)cc1. The summed E-state index contributed by atoms with van der Waals surface area (Å²) in [6, 6.07) is 90.4. The molecule has 0 unspecified atom stereocenters. The fourth-order valence-electron chi connectivity index (χ4n) is 10.2. The Morgan fingerprint density at radius 3 is 1.36 bits per heavy atom. The standard InChI is InChI=1S/C69H50N4/c1-3-4-34-64-48(2)61-33-17-18-35-65(61)73(64)60-42-40-59(41-43-60)72(57-31-15-8-16-32-57)58-38-36-52(37-39-58)67-66(51-25-13-7-14-26-51)70-68-62(55-29-19-27-53(46-55)49-21-9-5-10-22-49)44-45-63(69(68)71-67)56-30-20-28-54(47-56)50-23-11-6-12-24-50/h3-47H,1H2,2H3/b34-4-. The zero-order chi connectivity index (χ0) is 49.1. The molecule has 0 saturated carbocycles. The highest BCUT2D eigenvalue weighted by atomic mass is 15.1. The molecule has 0 bridgehead atoms. The molecule has 2 heterocycles. The summed E-state index contributed by atoms with van der Waals surface area (Å²) in [6.45, 7) is 6.14. The van der Waals surface area contributed by atoms with E-state index >= 15 is 0 Å². The van der Waals surface area contributed by atoms with Gasteiger partial charge in [-0.15, -0.1) is 0 Å². The zero-order valence-corrected chi connectivity index (χ0v) is 40.5. The van der Waals surface area contributed by atoms with E-state index in [4.69, 9.17) is 9.97 Å². The van der Waals surface area contributed by atoms with Gasteiger partial charge in [-0.1, -0.05) is 207 Å². The van der Waals surface area contributed by atoms with E-state index in [0.717, 1.165) is 101 Å². The van der Waals surface area contributed by atoms with Crippen LogP contribution in [-0.2, 0) is 0 Å². The lowest BCUT2D eigenvalue weighted by Gasteiger charge is -2.26. The number of para-hydroxylation sites is 2. The van der Waals surface area contributed by atoms with Crippen molar-refractivity contribution in [3.05, 3.63) is 285 Å². The van der Waals surface area contributed by atoms with Gasteiger partial charge in [0.05, 0.1) is 27.9 Å². The Kier molecular flexibility index (Phi) is 12.0. The Balaban J connectivity index is 1.01. The molecule has 0 fully saturated rings. The van der Waals surface area contributed by atoms with Gasteiger partial charge in [-0.25, -0.2) is 9.97 Å². The molecule has 0 aliphatic rings. The number of benzene rings is 10. The number of rotatable bonds is 12. The lowest BCUT2D eigenvalue weighted by molar-refractivity contribution is 1.09. The predicted octanol–water partition coefficient (Wildman–Crippen LogP) is 18.6. The third-order valence-electron chi connectivity index (χ3n) is 13.8. The summed E-state index contributed by atoms with van der Waals surface area (Å²) in [4.78, 5) is 13.8. The first-order valence-corrected chi connectivity index (χ1v) is 24.8. The average Bonchev–Trinajstić information content (AvgIpc) is 3.75. The second-order valence-corrected chi connectivity index (χ2v) is 18.2. The van der Waals surface area contributed by atoms with Crippen molar-refractivity contribution in [2.24, 2.45) is 0 Å². The summed E-state index contributed by atoms with van der Waals surface area (Å²) in [6.07, 6.45) is 5.98. The quantitative estimate of drug-likeness (QED) is 0.114. The van der Waals surface area contributed by atoms with Gasteiger partial charge < -0.3 is 9.47 Å². The normalized spacial score (nSPS) is 11.4. The van der Waals surface area contributed by atoms with Crippen molar-refractivity contribution < 1.29 is 0 Å². The monoisotopic (exact) mass is 934 g/mol. The highest BCUT2D eigenvalue weighted by Gasteiger charge is 2.21. The van der Waals surface area contributed by atoms with Crippen LogP contribution in [0.2, 0.25) is 0 Å². The van der Waals surface area contributed by atoms with E-state index in [1.807, 2.05) is 12.2 Å². The van der Waals surface area contributed by atoms with E-state index in [9.17, 15) is 0 Å². The molecule has 0 aliphatic carbocycles. The van der Waals surface area contributed by atoms with Crippen molar-refractivity contribution in [2.45, 2.75) is 6.92 Å². The maximum atomic E-state index is 5.76. The number of fused-ring (bicyclic) bond motifs is 2. The molecule has 2 aromatic heterocycles. The second-order valence-electron chi connectivity index (χ2n) is 18.2. The molecule has 10 aromatic carbocycles. The predicted molar refractivity (Wildman–Crippen MR) is 308 cm³/mol. The van der Waals surface area contributed by atoms with Crippen LogP contribution in [0, 0.1) is 6.92 Å². The summed E-state index contributed by atoms with van der Waals surface area (Å²) < 4.78 is 2.33. The Morgan fingerprint density at radius 1 is 0.397 bits per heavy atom. The number of nitrogens with zero attached hydrogens (tertiary/aromatic N) is 4. The third kappa shape index (κ3) is 8.62. The molecule has 0 saturated heterocycles. The van der Waals surface area contributed by atoms with Crippen LogP contribution in [0.4, 0.5) is 17.1 Å². The number of aromatic nitrogens is 3. The van der Waals surface area contributed by atoms with Crippen molar-refractivity contribution in [2.75, 3.05) is 4.90 Å². The van der Waals surface area contributed by atoms with Crippen LogP contribution in [0.25, 0.3) is 101 Å². The fraction of sp³-hybridized carbons (Fsp3) is 0.0145. The Labute approximate surface area is 426 Å². The molecule has 0 spiro atoms. The van der Waals surface area contributed by atoms with Crippen LogP contribution in [0.3, 0.4) is 0 Å². The first-order valence-electron chi connectivity index (χ1n) is 24.8. The summed E-state index contributed by atoms with van der Waals surface area (Å²) in [5.74, 6) is 0. The highest BCUT2D eigenvalue weighted by molar-refractivity contribution is 6.04. The lowest BCUT2D eigenvalue weighted by Crippen LogP contribution is -2.10. The summed E-state index contributed by atoms with van der Waals surface area (Å²) >= 11 is 0. The molecule has 73 heavy (non-hydrogen) atoms. The van der Waals surface area contributed by atoms with Gasteiger partial charge in [-0.2, -0.15) is 0 Å². The van der Waals surface area contributed by atoms with Crippen molar-refractivity contribution in [1.29, 1.82) is 0 Å². The molecule has 0 atom stereocenters. The summed E-state index contributed by atoms with van der Waals surface area (Å²) in [5, 5.41) is 1.23. The molecular weight excluding hydrogens is 885 g/mol. The van der Waals surface area contributed by atoms with Gasteiger partial charge in [0, 0.05) is 56.1 Å². The van der Waals surface area contributed by atoms with Gasteiger partial charge >= 0.3 is 0 Å². The van der Waals surface area contributed by atoms with E-state index < -0.39 is 0 Å². The summed E-state index contributed by atoms with van der Waals surface area (Å²) in [5.41, 5.74) is 21.9. The number of aryl methyl sites for hydroxylation is 1. The van der Waals surface area contributed by atoms with Gasteiger partial charge in [0.25, 0.3) is 0 Å². The first kappa shape index (κ1) is 44.6. The molecule has 0 radical (unpaired) electrons. The van der Waals surface area contributed by atoms with Crippen molar-refractivity contribution in [3.8, 4) is 72.7 Å². The molecule has 346 valence electrons. The largest absolute Gasteiger partial charge is 0.311 e. The maximum absolute atomic E-state index is 5.76. The molecule has 12 aromatic rings. The highest BCUT2D eigenvalue weighted by Crippen LogP contribution is 2.42. The Morgan fingerprint density at radius 2 is 0.822 bits per heavy atom. The third-order valence-corrected chi connectivity index (χ3v) is 13.8. The molecule has 4 nitrogen and oxygen atoms in total. The van der Waals surface area contributed by atoms with Crippen LogP contribution >= 0.6 is 0 Å². The van der Waals surface area contributed by atoms with E-state index in [-0.39, 0.29) is 0 Å². The first-order chi connectivity index (χ1) is 36.1. The van der Waals surface area contributed by atoms with E-state index in [1.165, 1.54) is 22.0 Å².